The van der Waals surface area contributed by atoms with Gasteiger partial charge in [-0.05, 0) is 31.7 Å². The van der Waals surface area contributed by atoms with Crippen LogP contribution < -0.4 is 4.90 Å². The molecule has 2 fully saturated rings. The molecular weight excluding hydrogens is 308 g/mol. The molecule has 132 valence electrons. The largest absolute Gasteiger partial charge is 0.370 e. The molecule has 0 unspecified atom stereocenters. The number of amides is 1. The van der Waals surface area contributed by atoms with Crippen LogP contribution >= 0.6 is 0 Å². The summed E-state index contributed by atoms with van der Waals surface area (Å²) >= 11 is 0. The van der Waals surface area contributed by atoms with E-state index in [2.05, 4.69) is 14.9 Å². The first-order chi connectivity index (χ1) is 11.5. The van der Waals surface area contributed by atoms with Crippen molar-refractivity contribution in [3.63, 3.8) is 0 Å². The number of ether oxygens (including phenoxy) is 2. The average molecular weight is 334 g/mol. The van der Waals surface area contributed by atoms with Crippen LogP contribution in [0.15, 0.2) is 12.4 Å². The van der Waals surface area contributed by atoms with Crippen molar-refractivity contribution in [3.8, 4) is 0 Å². The van der Waals surface area contributed by atoms with Crippen LogP contribution in [0.5, 0.6) is 0 Å². The van der Waals surface area contributed by atoms with Crippen molar-refractivity contribution in [2.24, 2.45) is 0 Å². The van der Waals surface area contributed by atoms with Gasteiger partial charge in [-0.1, -0.05) is 0 Å². The van der Waals surface area contributed by atoms with Crippen molar-refractivity contribution >= 4 is 11.9 Å². The molecule has 2 aliphatic heterocycles. The van der Waals surface area contributed by atoms with Crippen molar-refractivity contribution in [1.29, 1.82) is 0 Å². The Hall–Kier alpha value is -1.73. The lowest BCUT2D eigenvalue weighted by Gasteiger charge is -2.35. The van der Waals surface area contributed by atoms with E-state index in [0.29, 0.717) is 12.6 Å². The van der Waals surface area contributed by atoms with Gasteiger partial charge in [0.2, 0.25) is 11.9 Å². The van der Waals surface area contributed by atoms with E-state index < -0.39 is 0 Å². The second-order valence-electron chi connectivity index (χ2n) is 6.79. The summed E-state index contributed by atoms with van der Waals surface area (Å²) in [7, 11) is 3.46. The predicted molar refractivity (Wildman–Crippen MR) is 89.9 cm³/mol. The number of hydrogen-bond donors (Lipinski definition) is 0. The van der Waals surface area contributed by atoms with Crippen LogP contribution in [-0.2, 0) is 14.3 Å². The van der Waals surface area contributed by atoms with Gasteiger partial charge in [-0.25, -0.2) is 9.97 Å². The molecule has 0 bridgehead atoms. The van der Waals surface area contributed by atoms with E-state index >= 15 is 0 Å². The third-order valence-corrected chi connectivity index (χ3v) is 4.69. The predicted octanol–water partition coefficient (Wildman–Crippen LogP) is 1.02. The fraction of sp³-hybridized carbons (Fsp3) is 0.706. The third-order valence-electron chi connectivity index (χ3n) is 4.69. The van der Waals surface area contributed by atoms with Gasteiger partial charge in [0, 0.05) is 33.0 Å². The Balaban J connectivity index is 1.50. The zero-order valence-corrected chi connectivity index (χ0v) is 14.6. The number of carbonyl (C=O) groups is 1. The topological polar surface area (TPSA) is 67.8 Å². The normalized spacial score (nSPS) is 26.3. The minimum absolute atomic E-state index is 0.0211. The van der Waals surface area contributed by atoms with E-state index in [4.69, 9.17) is 9.47 Å². The van der Waals surface area contributed by atoms with Crippen molar-refractivity contribution in [3.05, 3.63) is 18.0 Å². The molecule has 0 aromatic carbocycles. The van der Waals surface area contributed by atoms with Crippen LogP contribution in [0, 0.1) is 6.92 Å². The number of hydrogen-bond acceptors (Lipinski definition) is 6. The Bertz CT molecular complexity index is 563. The van der Waals surface area contributed by atoms with Gasteiger partial charge in [-0.3, -0.25) is 4.79 Å². The molecule has 0 N–H and O–H groups in total. The van der Waals surface area contributed by atoms with E-state index in [0.717, 1.165) is 37.3 Å². The van der Waals surface area contributed by atoms with Crippen molar-refractivity contribution in [2.45, 2.75) is 44.4 Å². The molecule has 7 nitrogen and oxygen atoms in total. The summed E-state index contributed by atoms with van der Waals surface area (Å²) in [5, 5.41) is 0. The number of anilines is 1. The van der Waals surface area contributed by atoms with Gasteiger partial charge in [0.15, 0.2) is 0 Å². The first-order valence-electron chi connectivity index (χ1n) is 8.53. The fourth-order valence-corrected chi connectivity index (χ4v) is 3.31. The van der Waals surface area contributed by atoms with Crippen molar-refractivity contribution in [2.75, 3.05) is 38.8 Å². The van der Waals surface area contributed by atoms with Crippen LogP contribution in [0.2, 0.25) is 0 Å². The number of aromatic nitrogens is 2. The maximum Gasteiger partial charge on any atom is 0.248 e. The zero-order chi connectivity index (χ0) is 17.1. The number of rotatable bonds is 5. The summed E-state index contributed by atoms with van der Waals surface area (Å²) < 4.78 is 11.7. The molecule has 0 radical (unpaired) electrons. The van der Waals surface area contributed by atoms with Gasteiger partial charge in [-0.15, -0.1) is 0 Å². The first kappa shape index (κ1) is 17.1. The fourth-order valence-electron chi connectivity index (χ4n) is 3.31. The third kappa shape index (κ3) is 3.84. The highest BCUT2D eigenvalue weighted by molar-refractivity contribution is 5.76. The highest BCUT2D eigenvalue weighted by Crippen LogP contribution is 2.33. The minimum Gasteiger partial charge on any atom is -0.370 e. The Morgan fingerprint density at radius 2 is 2.08 bits per heavy atom. The molecule has 0 saturated carbocycles. The molecule has 7 heteroatoms. The number of fused-ring (bicyclic) bond motifs is 1. The lowest BCUT2D eigenvalue weighted by atomic mass is 9.99. The van der Waals surface area contributed by atoms with E-state index in [1.54, 1.807) is 14.1 Å². The van der Waals surface area contributed by atoms with Crippen LogP contribution in [-0.4, -0.2) is 72.9 Å². The van der Waals surface area contributed by atoms with Crippen LogP contribution in [0.25, 0.3) is 0 Å². The van der Waals surface area contributed by atoms with Gasteiger partial charge in [-0.2, -0.15) is 0 Å². The Labute approximate surface area is 143 Å². The maximum atomic E-state index is 11.5. The van der Waals surface area contributed by atoms with Gasteiger partial charge in [0.05, 0.1) is 24.9 Å². The molecule has 2 aliphatic rings. The van der Waals surface area contributed by atoms with E-state index in [1.165, 1.54) is 4.90 Å². The summed E-state index contributed by atoms with van der Waals surface area (Å²) in [5.41, 5.74) is 1.07. The number of carbonyl (C=O) groups excluding carboxylic acids is 1. The summed E-state index contributed by atoms with van der Waals surface area (Å²) in [5.74, 6) is 0.773. The second kappa shape index (κ2) is 7.44. The number of likely N-dealkylation sites (N-methyl/N-ethyl adjacent to an activating group) is 1. The van der Waals surface area contributed by atoms with Gasteiger partial charge in [0.25, 0.3) is 0 Å². The Morgan fingerprint density at radius 1 is 1.33 bits per heavy atom. The molecule has 24 heavy (non-hydrogen) atoms. The number of aryl methyl sites for hydroxylation is 1. The van der Waals surface area contributed by atoms with Crippen LogP contribution in [0.1, 0.15) is 24.8 Å². The van der Waals surface area contributed by atoms with Crippen molar-refractivity contribution < 1.29 is 14.3 Å². The highest BCUT2D eigenvalue weighted by Gasteiger charge is 2.40. The van der Waals surface area contributed by atoms with Gasteiger partial charge in [0.1, 0.15) is 6.61 Å². The van der Waals surface area contributed by atoms with Crippen LogP contribution in [0.3, 0.4) is 0 Å². The summed E-state index contributed by atoms with van der Waals surface area (Å²) in [6, 6.07) is 0.340. The zero-order valence-electron chi connectivity index (χ0n) is 14.6. The lowest BCUT2D eigenvalue weighted by molar-refractivity contribution is -0.137. The SMILES string of the molecule is Cc1cnc(N2CC[C@H]3O[C@H](COCC(=O)N(C)C)CC[C@H]32)nc1. The molecule has 1 aromatic rings. The molecule has 3 heterocycles. The molecule has 2 saturated heterocycles. The van der Waals surface area contributed by atoms with Crippen molar-refractivity contribution in [1.82, 2.24) is 14.9 Å². The van der Waals surface area contributed by atoms with E-state index in [-0.39, 0.29) is 24.7 Å². The molecular formula is C17H26N4O3. The minimum atomic E-state index is -0.0211. The summed E-state index contributed by atoms with van der Waals surface area (Å²) in [6.45, 7) is 3.51. The van der Waals surface area contributed by atoms with Crippen LogP contribution in [0.4, 0.5) is 5.95 Å². The van der Waals surface area contributed by atoms with E-state index in [9.17, 15) is 4.79 Å². The molecule has 1 amide bonds. The quantitative estimate of drug-likeness (QED) is 0.801. The Morgan fingerprint density at radius 3 is 2.79 bits per heavy atom. The monoisotopic (exact) mass is 334 g/mol. The van der Waals surface area contributed by atoms with E-state index in [1.807, 2.05) is 19.3 Å². The standard InChI is InChI=1S/C17H26N4O3/c1-12-8-18-17(19-9-12)21-7-6-15-14(21)5-4-13(24-15)10-23-11-16(22)20(2)3/h8-9,13-15H,4-7,10-11H2,1-3H3/t13-,14+,15+/m0/s1. The molecule has 0 aliphatic carbocycles. The van der Waals surface area contributed by atoms with Gasteiger partial charge < -0.3 is 19.3 Å². The molecule has 1 aromatic heterocycles. The Kier molecular flexibility index (Phi) is 5.30. The first-order valence-corrected chi connectivity index (χ1v) is 8.53. The lowest BCUT2D eigenvalue weighted by Crippen LogP contribution is -2.44. The smallest absolute Gasteiger partial charge is 0.248 e. The molecule has 3 atom stereocenters. The number of nitrogens with zero attached hydrogens (tertiary/aromatic N) is 4. The summed E-state index contributed by atoms with van der Waals surface area (Å²) in [4.78, 5) is 24.2. The molecule has 3 rings (SSSR count). The van der Waals surface area contributed by atoms with Gasteiger partial charge >= 0.3 is 0 Å². The maximum absolute atomic E-state index is 11.5. The summed E-state index contributed by atoms with van der Waals surface area (Å²) in [6.07, 6.45) is 6.93. The highest BCUT2D eigenvalue weighted by atomic mass is 16.5. The molecule has 0 spiro atoms. The second-order valence-corrected chi connectivity index (χ2v) is 6.79. The average Bonchev–Trinajstić information content (AvgIpc) is 2.98.